The van der Waals surface area contributed by atoms with Crippen molar-refractivity contribution in [2.24, 2.45) is 27.2 Å². The molecule has 0 saturated carbocycles. The van der Waals surface area contributed by atoms with Crippen LogP contribution in [0.5, 0.6) is 5.75 Å². The Labute approximate surface area is 125 Å². The van der Waals surface area contributed by atoms with Crippen molar-refractivity contribution in [3.05, 3.63) is 30.3 Å². The van der Waals surface area contributed by atoms with Gasteiger partial charge in [0, 0.05) is 11.5 Å². The van der Waals surface area contributed by atoms with Gasteiger partial charge in [0.2, 0.25) is 5.96 Å². The molecule has 0 aliphatic rings. The Bertz CT molecular complexity index is 901. The van der Waals surface area contributed by atoms with E-state index in [1.165, 1.54) is 24.3 Å². The van der Waals surface area contributed by atoms with Crippen LogP contribution in [0.2, 0.25) is 0 Å². The fraction of sp³-hybridized carbons (Fsp3) is 0. The molecule has 9 nitrogen and oxygen atoms in total. The summed E-state index contributed by atoms with van der Waals surface area (Å²) in [5, 5.41) is 10.5. The largest absolute Gasteiger partial charge is 0.507 e. The second kappa shape index (κ2) is 5.50. The van der Waals surface area contributed by atoms with Crippen LogP contribution in [0.3, 0.4) is 0 Å². The number of nitrogens with two attached hydrogens (primary N) is 3. The van der Waals surface area contributed by atoms with Crippen LogP contribution in [0.15, 0.2) is 45.2 Å². The highest BCUT2D eigenvalue weighted by molar-refractivity contribution is 7.85. The average molecular weight is 323 g/mol. The lowest BCUT2D eigenvalue weighted by molar-refractivity contribution is 0.471. The Morgan fingerprint density at radius 3 is 2.36 bits per heavy atom. The molecule has 8 N–H and O–H groups in total. The molecule has 10 heteroatoms. The number of aromatic hydroxyl groups is 1. The summed E-state index contributed by atoms with van der Waals surface area (Å²) in [5.41, 5.74) is 16.2. The van der Waals surface area contributed by atoms with Crippen LogP contribution >= 0.6 is 0 Å². The number of benzene rings is 2. The van der Waals surface area contributed by atoms with Gasteiger partial charge in [-0.15, -0.1) is 0 Å². The Hall–Kier alpha value is -2.85. The summed E-state index contributed by atoms with van der Waals surface area (Å²) in [4.78, 5) is 7.03. The van der Waals surface area contributed by atoms with Crippen molar-refractivity contribution in [2.45, 2.75) is 4.90 Å². The molecule has 0 aliphatic heterocycles. The second-order valence-corrected chi connectivity index (χ2v) is 5.75. The Morgan fingerprint density at radius 1 is 1.09 bits per heavy atom. The van der Waals surface area contributed by atoms with E-state index in [-0.39, 0.29) is 17.7 Å². The number of phenolic OH excluding ortho intramolecular Hbond substituents is 1. The van der Waals surface area contributed by atoms with E-state index in [4.69, 9.17) is 21.8 Å². The number of hydrogen-bond donors (Lipinski definition) is 5. The third-order valence-electron chi connectivity index (χ3n) is 2.67. The highest BCUT2D eigenvalue weighted by atomic mass is 32.2. The van der Waals surface area contributed by atoms with E-state index in [1.54, 1.807) is 0 Å². The first kappa shape index (κ1) is 15.5. The monoisotopic (exact) mass is 323 g/mol. The van der Waals surface area contributed by atoms with E-state index >= 15 is 0 Å². The lowest BCUT2D eigenvalue weighted by atomic mass is 10.1. The standard InChI is InChI=1S/C12H13N5O4S/c13-11(14)17-12(15)16-7-1-2-9-6(3-7)4-8(5-10(9)18)22(19,20)21/h1-5,18H,(H,19,20,21)(H6,13,14,15,16,17). The quantitative estimate of drug-likeness (QED) is 0.293. The maximum atomic E-state index is 11.2. The van der Waals surface area contributed by atoms with Crippen LogP contribution in [-0.4, -0.2) is 30.0 Å². The zero-order valence-corrected chi connectivity index (χ0v) is 11.9. The van der Waals surface area contributed by atoms with Gasteiger partial charge in [0.05, 0.1) is 10.6 Å². The third kappa shape index (κ3) is 3.42. The number of rotatable bonds is 2. The highest BCUT2D eigenvalue weighted by Gasteiger charge is 2.13. The highest BCUT2D eigenvalue weighted by Crippen LogP contribution is 2.31. The van der Waals surface area contributed by atoms with E-state index in [9.17, 15) is 13.5 Å². The maximum Gasteiger partial charge on any atom is 0.294 e. The van der Waals surface area contributed by atoms with Gasteiger partial charge < -0.3 is 22.3 Å². The van der Waals surface area contributed by atoms with Gasteiger partial charge in [0.15, 0.2) is 5.96 Å². The molecule has 0 unspecified atom stereocenters. The molecule has 2 aromatic rings. The molecule has 0 bridgehead atoms. The second-order valence-electron chi connectivity index (χ2n) is 4.33. The van der Waals surface area contributed by atoms with Crippen molar-refractivity contribution in [3.8, 4) is 5.75 Å². The molecule has 0 amide bonds. The first-order valence-corrected chi connectivity index (χ1v) is 7.29. The van der Waals surface area contributed by atoms with E-state index in [2.05, 4.69) is 9.98 Å². The van der Waals surface area contributed by atoms with E-state index in [0.29, 0.717) is 16.5 Å². The van der Waals surface area contributed by atoms with Crippen molar-refractivity contribution < 1.29 is 18.1 Å². The van der Waals surface area contributed by atoms with Gasteiger partial charge in [-0.2, -0.15) is 13.4 Å². The van der Waals surface area contributed by atoms with Crippen molar-refractivity contribution >= 4 is 38.5 Å². The average Bonchev–Trinajstić information content (AvgIpc) is 2.35. The van der Waals surface area contributed by atoms with Crippen LogP contribution in [-0.2, 0) is 10.1 Å². The van der Waals surface area contributed by atoms with Crippen molar-refractivity contribution in [1.82, 2.24) is 0 Å². The summed E-state index contributed by atoms with van der Waals surface area (Å²) in [6.45, 7) is 0. The SMILES string of the molecule is NC(N)=NC(N)=Nc1ccc2c(O)cc(S(=O)(=O)O)cc2c1. The van der Waals surface area contributed by atoms with Gasteiger partial charge in [0.25, 0.3) is 10.1 Å². The zero-order chi connectivity index (χ0) is 16.5. The van der Waals surface area contributed by atoms with E-state index in [1.807, 2.05) is 0 Å². The lowest BCUT2D eigenvalue weighted by Gasteiger charge is -2.05. The van der Waals surface area contributed by atoms with Crippen LogP contribution in [0.1, 0.15) is 0 Å². The molecule has 0 aliphatic carbocycles. The zero-order valence-electron chi connectivity index (χ0n) is 11.1. The molecular formula is C12H13N5O4S. The molecule has 22 heavy (non-hydrogen) atoms. The van der Waals surface area contributed by atoms with Gasteiger partial charge in [-0.05, 0) is 29.7 Å². The van der Waals surface area contributed by atoms with Gasteiger partial charge in [-0.1, -0.05) is 0 Å². The number of nitrogens with zero attached hydrogens (tertiary/aromatic N) is 2. The van der Waals surface area contributed by atoms with Gasteiger partial charge in [0.1, 0.15) is 5.75 Å². The number of aliphatic imine (C=N–C) groups is 2. The Kier molecular flexibility index (Phi) is 3.89. The lowest BCUT2D eigenvalue weighted by Crippen LogP contribution is -2.26. The Balaban J connectivity index is 2.61. The number of hydrogen-bond acceptors (Lipinski definition) is 4. The molecule has 2 rings (SSSR count). The molecule has 116 valence electrons. The predicted molar refractivity (Wildman–Crippen MR) is 82.5 cm³/mol. The maximum absolute atomic E-state index is 11.2. The molecule has 2 aromatic carbocycles. The molecule has 0 heterocycles. The van der Waals surface area contributed by atoms with Gasteiger partial charge >= 0.3 is 0 Å². The van der Waals surface area contributed by atoms with Gasteiger partial charge in [-0.3, -0.25) is 4.55 Å². The predicted octanol–water partition coefficient (Wildman–Crippen LogP) is 0.0117. The minimum Gasteiger partial charge on any atom is -0.507 e. The molecular weight excluding hydrogens is 310 g/mol. The summed E-state index contributed by atoms with van der Waals surface area (Å²) < 4.78 is 31.4. The van der Waals surface area contributed by atoms with Crippen LogP contribution < -0.4 is 17.2 Å². The van der Waals surface area contributed by atoms with E-state index < -0.39 is 15.0 Å². The summed E-state index contributed by atoms with van der Waals surface area (Å²) >= 11 is 0. The van der Waals surface area contributed by atoms with Crippen LogP contribution in [0, 0.1) is 0 Å². The summed E-state index contributed by atoms with van der Waals surface area (Å²) in [6.07, 6.45) is 0. The molecule has 0 atom stereocenters. The summed E-state index contributed by atoms with van der Waals surface area (Å²) in [5.74, 6) is -0.735. The number of phenols is 1. The van der Waals surface area contributed by atoms with Crippen molar-refractivity contribution in [1.29, 1.82) is 0 Å². The first-order valence-electron chi connectivity index (χ1n) is 5.85. The smallest absolute Gasteiger partial charge is 0.294 e. The molecule has 0 fully saturated rings. The minimum absolute atomic E-state index is 0.186. The molecule has 0 radical (unpaired) electrons. The fourth-order valence-corrected chi connectivity index (χ4v) is 2.35. The summed E-state index contributed by atoms with van der Waals surface area (Å²) in [6, 6.07) is 6.65. The molecule has 0 saturated heterocycles. The molecule has 0 spiro atoms. The van der Waals surface area contributed by atoms with Crippen molar-refractivity contribution in [3.63, 3.8) is 0 Å². The summed E-state index contributed by atoms with van der Waals surface area (Å²) in [7, 11) is -4.44. The third-order valence-corrected chi connectivity index (χ3v) is 3.50. The topological polar surface area (TPSA) is 177 Å². The number of guanidine groups is 2. The van der Waals surface area contributed by atoms with Gasteiger partial charge in [-0.25, -0.2) is 4.99 Å². The number of fused-ring (bicyclic) bond motifs is 1. The molecule has 0 aromatic heterocycles. The normalized spacial score (nSPS) is 12.3. The van der Waals surface area contributed by atoms with Crippen LogP contribution in [0.25, 0.3) is 10.8 Å². The van der Waals surface area contributed by atoms with Crippen LogP contribution in [0.4, 0.5) is 5.69 Å². The first-order chi connectivity index (χ1) is 10.2. The minimum atomic E-state index is -4.44. The van der Waals surface area contributed by atoms with Crippen molar-refractivity contribution in [2.75, 3.05) is 0 Å². The fourth-order valence-electron chi connectivity index (χ4n) is 1.82. The van der Waals surface area contributed by atoms with E-state index in [0.717, 1.165) is 6.07 Å². The Morgan fingerprint density at radius 2 is 1.77 bits per heavy atom.